The number of rotatable bonds is 4. The second-order valence-electron chi connectivity index (χ2n) is 4.90. The largest absolute Gasteiger partial charge is 0.462 e. The van der Waals surface area contributed by atoms with E-state index < -0.39 is 5.97 Å². The van der Waals surface area contributed by atoms with Crippen LogP contribution < -0.4 is 0 Å². The summed E-state index contributed by atoms with van der Waals surface area (Å²) in [7, 11) is 0. The normalized spacial score (nSPS) is 24.8. The molecule has 0 aromatic rings. The fourth-order valence-electron chi connectivity index (χ4n) is 2.36. The van der Waals surface area contributed by atoms with E-state index in [1.54, 1.807) is 13.8 Å². The van der Waals surface area contributed by atoms with Crippen molar-refractivity contribution in [2.24, 2.45) is 0 Å². The number of nitrogens with zero attached hydrogens (tertiary/aromatic N) is 1. The van der Waals surface area contributed by atoms with Crippen molar-refractivity contribution < 1.29 is 19.1 Å². The molecule has 1 heterocycles. The summed E-state index contributed by atoms with van der Waals surface area (Å²) in [6.45, 7) is 10.5. The van der Waals surface area contributed by atoms with Crippen molar-refractivity contribution in [2.75, 3.05) is 19.7 Å². The lowest BCUT2D eigenvalue weighted by atomic mass is 10.1. The number of carbonyl (C=O) groups is 2. The van der Waals surface area contributed by atoms with Gasteiger partial charge in [-0.25, -0.2) is 4.79 Å². The molecule has 1 aliphatic rings. The van der Waals surface area contributed by atoms with E-state index >= 15 is 0 Å². The van der Waals surface area contributed by atoms with E-state index in [0.717, 1.165) is 0 Å². The lowest BCUT2D eigenvalue weighted by molar-refractivity contribution is -0.140. The van der Waals surface area contributed by atoms with Crippen LogP contribution in [-0.2, 0) is 19.1 Å². The third-order valence-corrected chi connectivity index (χ3v) is 3.09. The molecule has 0 aromatic heterocycles. The predicted molar refractivity (Wildman–Crippen MR) is 71.6 cm³/mol. The van der Waals surface area contributed by atoms with Gasteiger partial charge in [-0.2, -0.15) is 0 Å². The minimum atomic E-state index is -0.542. The SMILES string of the molecule is CCOC(=O)/C(C(C)=O)=C(/C)N1CC(C)OC(C)C1. The summed E-state index contributed by atoms with van der Waals surface area (Å²) in [5.41, 5.74) is 0.816. The lowest BCUT2D eigenvalue weighted by Crippen LogP contribution is -2.45. The van der Waals surface area contributed by atoms with Crippen LogP contribution in [0.25, 0.3) is 0 Å². The predicted octanol–water partition coefficient (Wildman–Crippen LogP) is 1.52. The Morgan fingerprint density at radius 3 is 2.16 bits per heavy atom. The van der Waals surface area contributed by atoms with Gasteiger partial charge in [0.2, 0.25) is 0 Å². The number of carbonyl (C=O) groups excluding carboxylic acids is 2. The van der Waals surface area contributed by atoms with Gasteiger partial charge < -0.3 is 14.4 Å². The number of ketones is 1. The second-order valence-corrected chi connectivity index (χ2v) is 4.90. The molecule has 0 bridgehead atoms. The maximum Gasteiger partial charge on any atom is 0.343 e. The molecule has 0 N–H and O–H groups in total. The molecule has 5 heteroatoms. The molecular formula is C14H23NO4. The molecular weight excluding hydrogens is 246 g/mol. The van der Waals surface area contributed by atoms with Gasteiger partial charge >= 0.3 is 5.97 Å². The highest BCUT2D eigenvalue weighted by molar-refractivity contribution is 6.16. The maximum absolute atomic E-state index is 11.9. The Labute approximate surface area is 114 Å². The third-order valence-electron chi connectivity index (χ3n) is 3.09. The molecule has 2 atom stereocenters. The highest BCUT2D eigenvalue weighted by Crippen LogP contribution is 2.19. The first-order valence-corrected chi connectivity index (χ1v) is 6.66. The monoisotopic (exact) mass is 269 g/mol. The van der Waals surface area contributed by atoms with Gasteiger partial charge in [0.15, 0.2) is 5.78 Å². The number of allylic oxidation sites excluding steroid dienone is 1. The molecule has 0 aromatic carbocycles. The number of Topliss-reactive ketones (excluding diaryl/α,β-unsaturated/α-hetero) is 1. The molecule has 0 amide bonds. The number of esters is 1. The Kier molecular flexibility index (Phi) is 5.54. The van der Waals surface area contributed by atoms with E-state index in [9.17, 15) is 9.59 Å². The average Bonchev–Trinajstić information content (AvgIpc) is 2.27. The van der Waals surface area contributed by atoms with Crippen LogP contribution >= 0.6 is 0 Å². The zero-order valence-corrected chi connectivity index (χ0v) is 12.4. The van der Waals surface area contributed by atoms with Crippen molar-refractivity contribution in [2.45, 2.75) is 46.8 Å². The minimum absolute atomic E-state index is 0.0779. The van der Waals surface area contributed by atoms with Gasteiger partial charge in [0.25, 0.3) is 0 Å². The van der Waals surface area contributed by atoms with Crippen molar-refractivity contribution >= 4 is 11.8 Å². The van der Waals surface area contributed by atoms with Gasteiger partial charge in [-0.15, -0.1) is 0 Å². The number of ether oxygens (including phenoxy) is 2. The van der Waals surface area contributed by atoms with Crippen molar-refractivity contribution in [1.82, 2.24) is 4.90 Å². The van der Waals surface area contributed by atoms with Crippen LogP contribution in [-0.4, -0.2) is 48.6 Å². The van der Waals surface area contributed by atoms with Crippen molar-refractivity contribution in [1.29, 1.82) is 0 Å². The molecule has 1 rings (SSSR count). The van der Waals surface area contributed by atoms with Crippen LogP contribution in [0.3, 0.4) is 0 Å². The van der Waals surface area contributed by atoms with Crippen LogP contribution in [0.2, 0.25) is 0 Å². The van der Waals surface area contributed by atoms with Crippen LogP contribution in [0, 0.1) is 0 Å². The Bertz CT molecular complexity index is 379. The summed E-state index contributed by atoms with van der Waals surface area (Å²) in [6.07, 6.45) is 0.156. The van der Waals surface area contributed by atoms with E-state index in [1.807, 2.05) is 18.7 Å². The highest BCUT2D eigenvalue weighted by atomic mass is 16.5. The number of hydrogen-bond donors (Lipinski definition) is 0. The van der Waals surface area contributed by atoms with Crippen molar-refractivity contribution in [3.05, 3.63) is 11.3 Å². The standard InChI is InChI=1S/C14H23NO4/c1-6-18-14(17)13(12(5)16)11(4)15-7-9(2)19-10(3)8-15/h9-10H,6-8H2,1-5H3/b13-11-. The summed E-state index contributed by atoms with van der Waals surface area (Å²) in [4.78, 5) is 25.6. The molecule has 0 aliphatic carbocycles. The average molecular weight is 269 g/mol. The Morgan fingerprint density at radius 1 is 1.21 bits per heavy atom. The summed E-state index contributed by atoms with van der Waals surface area (Å²) in [5.74, 6) is -0.804. The van der Waals surface area contributed by atoms with E-state index in [-0.39, 0.29) is 30.2 Å². The van der Waals surface area contributed by atoms with Gasteiger partial charge in [-0.1, -0.05) is 0 Å². The molecule has 108 valence electrons. The van der Waals surface area contributed by atoms with Crippen LogP contribution in [0.15, 0.2) is 11.3 Å². The smallest absolute Gasteiger partial charge is 0.343 e. The molecule has 0 spiro atoms. The maximum atomic E-state index is 11.9. The fourth-order valence-corrected chi connectivity index (χ4v) is 2.36. The molecule has 0 saturated carbocycles. The number of hydrogen-bond acceptors (Lipinski definition) is 5. The van der Waals surface area contributed by atoms with Gasteiger partial charge in [0.05, 0.1) is 18.8 Å². The quantitative estimate of drug-likeness (QED) is 0.335. The van der Waals surface area contributed by atoms with Crippen LogP contribution in [0.1, 0.15) is 34.6 Å². The zero-order chi connectivity index (χ0) is 14.6. The molecule has 1 fully saturated rings. The van der Waals surface area contributed by atoms with Crippen LogP contribution in [0.4, 0.5) is 0 Å². The first kappa shape index (κ1) is 15.7. The van der Waals surface area contributed by atoms with Gasteiger partial charge in [-0.3, -0.25) is 4.79 Å². The van der Waals surface area contributed by atoms with E-state index in [4.69, 9.17) is 9.47 Å². The van der Waals surface area contributed by atoms with Gasteiger partial charge in [0, 0.05) is 18.8 Å². The molecule has 5 nitrogen and oxygen atoms in total. The first-order valence-electron chi connectivity index (χ1n) is 6.66. The second kappa shape index (κ2) is 6.70. The summed E-state index contributed by atoms with van der Waals surface area (Å²) in [5, 5.41) is 0. The molecule has 2 unspecified atom stereocenters. The summed E-state index contributed by atoms with van der Waals surface area (Å²) in [6, 6.07) is 0. The Balaban J connectivity index is 3.01. The summed E-state index contributed by atoms with van der Waals surface area (Å²) < 4.78 is 10.6. The topological polar surface area (TPSA) is 55.8 Å². The fraction of sp³-hybridized carbons (Fsp3) is 0.714. The first-order chi connectivity index (χ1) is 8.86. The van der Waals surface area contributed by atoms with Gasteiger partial charge in [0.1, 0.15) is 5.57 Å². The summed E-state index contributed by atoms with van der Waals surface area (Å²) >= 11 is 0. The van der Waals surface area contributed by atoms with Crippen LogP contribution in [0.5, 0.6) is 0 Å². The third kappa shape index (κ3) is 4.06. The van der Waals surface area contributed by atoms with Crippen molar-refractivity contribution in [3.8, 4) is 0 Å². The molecule has 1 aliphatic heterocycles. The van der Waals surface area contributed by atoms with E-state index in [0.29, 0.717) is 18.8 Å². The highest BCUT2D eigenvalue weighted by Gasteiger charge is 2.27. The van der Waals surface area contributed by atoms with E-state index in [2.05, 4.69) is 0 Å². The number of morpholine rings is 1. The molecule has 19 heavy (non-hydrogen) atoms. The molecule has 1 saturated heterocycles. The molecule has 0 radical (unpaired) electrons. The lowest BCUT2D eigenvalue weighted by Gasteiger charge is -2.37. The van der Waals surface area contributed by atoms with Gasteiger partial charge in [-0.05, 0) is 34.6 Å². The van der Waals surface area contributed by atoms with Crippen molar-refractivity contribution in [3.63, 3.8) is 0 Å². The zero-order valence-electron chi connectivity index (χ0n) is 12.4. The van der Waals surface area contributed by atoms with E-state index in [1.165, 1.54) is 6.92 Å². The Morgan fingerprint density at radius 2 is 1.74 bits per heavy atom. The minimum Gasteiger partial charge on any atom is -0.462 e. The Hall–Kier alpha value is -1.36.